The van der Waals surface area contributed by atoms with Gasteiger partial charge in [-0.2, -0.15) is 11.8 Å². The normalized spacial score (nSPS) is 32.8. The van der Waals surface area contributed by atoms with Gasteiger partial charge in [-0.15, -0.1) is 0 Å². The van der Waals surface area contributed by atoms with E-state index in [0.717, 1.165) is 0 Å². The summed E-state index contributed by atoms with van der Waals surface area (Å²) < 4.78 is 0. The SMILES string of the molecule is CC1(C)CCSCC1NN1CCCCC1. The molecule has 0 aromatic heterocycles. The quantitative estimate of drug-likeness (QED) is 0.782. The van der Waals surface area contributed by atoms with E-state index in [2.05, 4.69) is 36.0 Å². The van der Waals surface area contributed by atoms with Gasteiger partial charge in [0.15, 0.2) is 0 Å². The number of thioether (sulfide) groups is 1. The van der Waals surface area contributed by atoms with Gasteiger partial charge in [0.25, 0.3) is 0 Å². The van der Waals surface area contributed by atoms with Gasteiger partial charge in [0, 0.05) is 24.9 Å². The Hall–Kier alpha value is 0.270. The summed E-state index contributed by atoms with van der Waals surface area (Å²) in [5, 5.41) is 2.46. The molecule has 2 saturated heterocycles. The molecule has 2 nitrogen and oxygen atoms in total. The molecule has 0 amide bonds. The van der Waals surface area contributed by atoms with Crippen LogP contribution in [0.5, 0.6) is 0 Å². The van der Waals surface area contributed by atoms with E-state index >= 15 is 0 Å². The van der Waals surface area contributed by atoms with Crippen LogP contribution in [0.15, 0.2) is 0 Å². The second-order valence-electron chi connectivity index (χ2n) is 5.54. The largest absolute Gasteiger partial charge is 0.251 e. The van der Waals surface area contributed by atoms with Crippen LogP contribution < -0.4 is 5.43 Å². The predicted octanol–water partition coefficient (Wildman–Crippen LogP) is 2.51. The zero-order valence-electron chi connectivity index (χ0n) is 10.1. The minimum atomic E-state index is 0.475. The number of piperidine rings is 1. The molecule has 2 aliphatic heterocycles. The second-order valence-corrected chi connectivity index (χ2v) is 6.69. The molecule has 0 aliphatic carbocycles. The van der Waals surface area contributed by atoms with E-state index in [-0.39, 0.29) is 0 Å². The van der Waals surface area contributed by atoms with Crippen LogP contribution in [0.3, 0.4) is 0 Å². The van der Waals surface area contributed by atoms with Crippen LogP contribution in [0.25, 0.3) is 0 Å². The molecule has 2 rings (SSSR count). The number of rotatable bonds is 2. The molecule has 2 fully saturated rings. The van der Waals surface area contributed by atoms with E-state index in [1.54, 1.807) is 0 Å². The fourth-order valence-electron chi connectivity index (χ4n) is 2.39. The van der Waals surface area contributed by atoms with Gasteiger partial charge >= 0.3 is 0 Å². The maximum atomic E-state index is 3.76. The monoisotopic (exact) mass is 228 g/mol. The smallest absolute Gasteiger partial charge is 0.0357 e. The first-order chi connectivity index (χ1) is 7.18. The molecule has 3 heteroatoms. The molecule has 1 unspecified atom stereocenters. The van der Waals surface area contributed by atoms with E-state index in [1.165, 1.54) is 50.3 Å². The van der Waals surface area contributed by atoms with Crippen molar-refractivity contribution in [2.24, 2.45) is 5.41 Å². The van der Waals surface area contributed by atoms with Gasteiger partial charge in [-0.3, -0.25) is 5.43 Å². The first-order valence-electron chi connectivity index (χ1n) is 6.27. The average molecular weight is 228 g/mol. The molecule has 0 radical (unpaired) electrons. The lowest BCUT2D eigenvalue weighted by Gasteiger charge is -2.42. The van der Waals surface area contributed by atoms with Gasteiger partial charge in [0.05, 0.1) is 0 Å². The molecule has 0 aromatic rings. The molecule has 0 spiro atoms. The summed E-state index contributed by atoms with van der Waals surface area (Å²) >= 11 is 2.10. The highest BCUT2D eigenvalue weighted by Gasteiger charge is 2.33. The summed E-state index contributed by atoms with van der Waals surface area (Å²) in [5.74, 6) is 2.62. The molecule has 1 atom stereocenters. The summed E-state index contributed by atoms with van der Waals surface area (Å²) in [4.78, 5) is 0. The van der Waals surface area contributed by atoms with E-state index < -0.39 is 0 Å². The summed E-state index contributed by atoms with van der Waals surface area (Å²) in [5.41, 5.74) is 4.24. The third-order valence-electron chi connectivity index (χ3n) is 3.81. The van der Waals surface area contributed by atoms with E-state index in [4.69, 9.17) is 0 Å². The average Bonchev–Trinajstić information content (AvgIpc) is 2.23. The van der Waals surface area contributed by atoms with Gasteiger partial charge in [-0.05, 0) is 30.4 Å². The standard InChI is InChI=1S/C12H24N2S/c1-12(2)6-9-15-10-11(12)13-14-7-4-3-5-8-14/h11,13H,3-10H2,1-2H3. The molecule has 88 valence electrons. The van der Waals surface area contributed by atoms with Crippen LogP contribution in [-0.4, -0.2) is 35.6 Å². The lowest BCUT2D eigenvalue weighted by Crippen LogP contribution is -2.55. The summed E-state index contributed by atoms with van der Waals surface area (Å²) in [6.07, 6.45) is 5.50. The number of nitrogens with one attached hydrogen (secondary N) is 1. The highest BCUT2D eigenvalue weighted by Crippen LogP contribution is 2.34. The van der Waals surface area contributed by atoms with E-state index in [0.29, 0.717) is 11.5 Å². The molecule has 0 aromatic carbocycles. The Morgan fingerprint density at radius 2 is 1.93 bits per heavy atom. The van der Waals surface area contributed by atoms with Gasteiger partial charge < -0.3 is 0 Å². The highest BCUT2D eigenvalue weighted by atomic mass is 32.2. The van der Waals surface area contributed by atoms with E-state index in [1.807, 2.05) is 0 Å². The van der Waals surface area contributed by atoms with Crippen molar-refractivity contribution in [2.75, 3.05) is 24.6 Å². The van der Waals surface area contributed by atoms with Crippen molar-refractivity contribution in [3.8, 4) is 0 Å². The Balaban J connectivity index is 1.85. The summed E-state index contributed by atoms with van der Waals surface area (Å²) in [7, 11) is 0. The fraction of sp³-hybridized carbons (Fsp3) is 1.00. The van der Waals surface area contributed by atoms with Crippen molar-refractivity contribution >= 4 is 11.8 Å². The predicted molar refractivity (Wildman–Crippen MR) is 68.1 cm³/mol. The van der Waals surface area contributed by atoms with Gasteiger partial charge in [0.1, 0.15) is 0 Å². The maximum Gasteiger partial charge on any atom is 0.0357 e. The van der Waals surface area contributed by atoms with E-state index in [9.17, 15) is 0 Å². The number of nitrogens with zero attached hydrogens (tertiary/aromatic N) is 1. The Morgan fingerprint density at radius 1 is 1.20 bits per heavy atom. The first kappa shape index (κ1) is 11.7. The van der Waals surface area contributed by atoms with Crippen LogP contribution in [0, 0.1) is 5.41 Å². The molecule has 2 aliphatic rings. The zero-order valence-corrected chi connectivity index (χ0v) is 10.9. The molecule has 0 saturated carbocycles. The Morgan fingerprint density at radius 3 is 2.60 bits per heavy atom. The Kier molecular flexibility index (Phi) is 3.97. The van der Waals surface area contributed by atoms with Crippen molar-refractivity contribution < 1.29 is 0 Å². The lowest BCUT2D eigenvalue weighted by atomic mass is 9.82. The fourth-order valence-corrected chi connectivity index (χ4v) is 3.99. The topological polar surface area (TPSA) is 15.3 Å². The van der Waals surface area contributed by atoms with Crippen LogP contribution >= 0.6 is 11.8 Å². The van der Waals surface area contributed by atoms with Crippen LogP contribution in [0.1, 0.15) is 39.5 Å². The Labute approximate surface area is 98.1 Å². The molecular weight excluding hydrogens is 204 g/mol. The number of hydrogen-bond acceptors (Lipinski definition) is 3. The third-order valence-corrected chi connectivity index (χ3v) is 4.87. The maximum absolute atomic E-state index is 3.76. The van der Waals surface area contributed by atoms with Crippen molar-refractivity contribution in [1.82, 2.24) is 10.4 Å². The van der Waals surface area contributed by atoms with Crippen LogP contribution in [0.2, 0.25) is 0 Å². The lowest BCUT2D eigenvalue weighted by molar-refractivity contribution is 0.0860. The van der Waals surface area contributed by atoms with Crippen molar-refractivity contribution in [3.05, 3.63) is 0 Å². The van der Waals surface area contributed by atoms with Crippen molar-refractivity contribution in [2.45, 2.75) is 45.6 Å². The second kappa shape index (κ2) is 5.07. The Bertz CT molecular complexity index is 200. The summed E-state index contributed by atoms with van der Waals surface area (Å²) in [6, 6.07) is 0.675. The minimum Gasteiger partial charge on any atom is -0.251 e. The van der Waals surface area contributed by atoms with Gasteiger partial charge in [0.2, 0.25) is 0 Å². The minimum absolute atomic E-state index is 0.475. The molecule has 15 heavy (non-hydrogen) atoms. The highest BCUT2D eigenvalue weighted by molar-refractivity contribution is 7.99. The number of hydrogen-bond donors (Lipinski definition) is 1. The zero-order chi connectivity index (χ0) is 10.7. The molecular formula is C12H24N2S. The first-order valence-corrected chi connectivity index (χ1v) is 7.43. The molecule has 1 N–H and O–H groups in total. The molecule has 0 bridgehead atoms. The van der Waals surface area contributed by atoms with Gasteiger partial charge in [-0.25, -0.2) is 5.01 Å². The third kappa shape index (κ3) is 3.11. The van der Waals surface area contributed by atoms with Crippen molar-refractivity contribution in [3.63, 3.8) is 0 Å². The van der Waals surface area contributed by atoms with Gasteiger partial charge in [-0.1, -0.05) is 20.3 Å². The number of hydrazine groups is 1. The van der Waals surface area contributed by atoms with Crippen LogP contribution in [-0.2, 0) is 0 Å². The summed E-state index contributed by atoms with van der Waals surface area (Å²) in [6.45, 7) is 7.32. The molecule has 2 heterocycles. The van der Waals surface area contributed by atoms with Crippen LogP contribution in [0.4, 0.5) is 0 Å². The van der Waals surface area contributed by atoms with Crippen molar-refractivity contribution in [1.29, 1.82) is 0 Å².